The third-order valence-corrected chi connectivity index (χ3v) is 4.51. The number of hydrogen-bond acceptors (Lipinski definition) is 4. The molecule has 0 aliphatic rings. The largest absolute Gasteiger partial charge is 0.347 e. The molecule has 0 radical (unpaired) electrons. The third kappa shape index (κ3) is 3.24. The number of aromatic nitrogens is 2. The van der Waals surface area contributed by atoms with E-state index in [1.165, 1.54) is 0 Å². The molecular formula is C13H18N4O2S. The van der Waals surface area contributed by atoms with Gasteiger partial charge in [0, 0.05) is 18.9 Å². The molecule has 6 nitrogen and oxygen atoms in total. The topological polar surface area (TPSA) is 101 Å². The average molecular weight is 294 g/mol. The fourth-order valence-electron chi connectivity index (χ4n) is 1.86. The first kappa shape index (κ1) is 14.7. The third-order valence-electron chi connectivity index (χ3n) is 3.02. The van der Waals surface area contributed by atoms with Gasteiger partial charge in [-0.3, -0.25) is 0 Å². The molecular weight excluding hydrogens is 276 g/mol. The van der Waals surface area contributed by atoms with Crippen LogP contribution in [0.4, 0.5) is 0 Å². The highest BCUT2D eigenvalue weighted by atomic mass is 32.2. The highest BCUT2D eigenvalue weighted by molar-refractivity contribution is 7.89. The Kier molecular flexibility index (Phi) is 4.53. The van der Waals surface area contributed by atoms with Gasteiger partial charge in [-0.2, -0.15) is 0 Å². The molecule has 108 valence electrons. The van der Waals surface area contributed by atoms with Crippen LogP contribution < -0.4 is 10.5 Å². The van der Waals surface area contributed by atoms with Crippen molar-refractivity contribution in [2.45, 2.75) is 30.8 Å². The number of nitrogens with one attached hydrogen (secondary N) is 2. The Morgan fingerprint density at radius 1 is 1.35 bits per heavy atom. The van der Waals surface area contributed by atoms with Crippen molar-refractivity contribution in [3.05, 3.63) is 48.0 Å². The first-order valence-electron chi connectivity index (χ1n) is 6.37. The fourth-order valence-corrected chi connectivity index (χ4v) is 3.14. The zero-order chi connectivity index (χ0) is 14.6. The van der Waals surface area contributed by atoms with Gasteiger partial charge in [0.1, 0.15) is 5.82 Å². The molecule has 0 saturated heterocycles. The van der Waals surface area contributed by atoms with E-state index in [1.54, 1.807) is 36.7 Å². The van der Waals surface area contributed by atoms with E-state index in [0.29, 0.717) is 18.8 Å². The highest BCUT2D eigenvalue weighted by Gasteiger charge is 2.21. The van der Waals surface area contributed by atoms with Gasteiger partial charge in [-0.25, -0.2) is 18.1 Å². The van der Waals surface area contributed by atoms with E-state index < -0.39 is 10.0 Å². The second-order valence-electron chi connectivity index (χ2n) is 4.40. The molecule has 0 bridgehead atoms. The lowest BCUT2D eigenvalue weighted by Crippen LogP contribution is -2.29. The normalized spacial score (nSPS) is 13.3. The minimum atomic E-state index is -3.57. The maximum atomic E-state index is 12.3. The number of H-pyrrole nitrogens is 1. The minimum Gasteiger partial charge on any atom is -0.347 e. The van der Waals surface area contributed by atoms with Gasteiger partial charge in [0.15, 0.2) is 0 Å². The molecule has 1 heterocycles. The maximum absolute atomic E-state index is 12.3. The molecule has 1 aromatic heterocycles. The molecule has 2 rings (SSSR count). The average Bonchev–Trinajstić information content (AvgIpc) is 2.99. The van der Waals surface area contributed by atoms with E-state index in [0.717, 1.165) is 5.56 Å². The number of hydrogen-bond donors (Lipinski definition) is 3. The highest BCUT2D eigenvalue weighted by Crippen LogP contribution is 2.17. The number of aromatic amines is 1. The predicted octanol–water partition coefficient (Wildman–Crippen LogP) is 1.30. The van der Waals surface area contributed by atoms with Crippen LogP contribution in [0.3, 0.4) is 0 Å². The fraction of sp³-hybridized carbons (Fsp3) is 0.308. The van der Waals surface area contributed by atoms with Gasteiger partial charge in [-0.15, -0.1) is 0 Å². The monoisotopic (exact) mass is 294 g/mol. The summed E-state index contributed by atoms with van der Waals surface area (Å²) in [6, 6.07) is 6.16. The smallest absolute Gasteiger partial charge is 0.241 e. The van der Waals surface area contributed by atoms with Crippen molar-refractivity contribution in [2.24, 2.45) is 5.73 Å². The Morgan fingerprint density at radius 2 is 2.05 bits per heavy atom. The van der Waals surface area contributed by atoms with Crippen LogP contribution in [-0.2, 0) is 16.6 Å². The molecule has 1 unspecified atom stereocenters. The van der Waals surface area contributed by atoms with Crippen LogP contribution in [0.15, 0.2) is 41.6 Å². The van der Waals surface area contributed by atoms with Gasteiger partial charge in [-0.05, 0) is 24.1 Å². The lowest BCUT2D eigenvalue weighted by Gasteiger charge is -2.15. The van der Waals surface area contributed by atoms with Crippen LogP contribution in [-0.4, -0.2) is 18.4 Å². The van der Waals surface area contributed by atoms with Crippen molar-refractivity contribution < 1.29 is 8.42 Å². The van der Waals surface area contributed by atoms with Gasteiger partial charge in [-0.1, -0.05) is 19.1 Å². The van der Waals surface area contributed by atoms with Crippen LogP contribution in [0, 0.1) is 0 Å². The van der Waals surface area contributed by atoms with Gasteiger partial charge in [0.25, 0.3) is 0 Å². The van der Waals surface area contributed by atoms with E-state index in [4.69, 9.17) is 5.73 Å². The molecule has 2 aromatic rings. The first-order valence-corrected chi connectivity index (χ1v) is 7.85. The lowest BCUT2D eigenvalue weighted by atomic mass is 10.2. The lowest BCUT2D eigenvalue weighted by molar-refractivity contribution is 0.539. The first-order chi connectivity index (χ1) is 9.56. The summed E-state index contributed by atoms with van der Waals surface area (Å²) < 4.78 is 27.3. The van der Waals surface area contributed by atoms with Crippen LogP contribution >= 0.6 is 0 Å². The van der Waals surface area contributed by atoms with Gasteiger partial charge in [0.05, 0.1) is 10.9 Å². The van der Waals surface area contributed by atoms with Gasteiger partial charge < -0.3 is 10.7 Å². The van der Waals surface area contributed by atoms with Gasteiger partial charge >= 0.3 is 0 Å². The number of sulfonamides is 1. The summed E-state index contributed by atoms with van der Waals surface area (Å²) in [5, 5.41) is 0. The summed E-state index contributed by atoms with van der Waals surface area (Å²) in [6.45, 7) is 2.28. The number of imidazole rings is 1. The molecule has 0 fully saturated rings. The Morgan fingerprint density at radius 3 is 2.55 bits per heavy atom. The standard InChI is InChI=1S/C13H18N4O2S/c1-2-12(13-15-7-8-16-13)17-20(18,19)11-5-3-10(9-14)4-6-11/h3-8,12,17H,2,9,14H2,1H3,(H,15,16). The number of nitrogens with zero attached hydrogens (tertiary/aromatic N) is 1. The summed E-state index contributed by atoms with van der Waals surface area (Å²) in [5.41, 5.74) is 6.39. The Balaban J connectivity index is 2.21. The molecule has 0 amide bonds. The van der Waals surface area contributed by atoms with Gasteiger partial charge in [0.2, 0.25) is 10.0 Å². The van der Waals surface area contributed by atoms with Crippen LogP contribution in [0.1, 0.15) is 30.8 Å². The van der Waals surface area contributed by atoms with Crippen molar-refractivity contribution in [3.63, 3.8) is 0 Å². The Labute approximate surface area is 118 Å². The second-order valence-corrected chi connectivity index (χ2v) is 6.12. The number of benzene rings is 1. The van der Waals surface area contributed by atoms with E-state index in [9.17, 15) is 8.42 Å². The van der Waals surface area contributed by atoms with Crippen molar-refractivity contribution in [2.75, 3.05) is 0 Å². The van der Waals surface area contributed by atoms with Crippen molar-refractivity contribution in [1.29, 1.82) is 0 Å². The summed E-state index contributed by atoms with van der Waals surface area (Å²) in [7, 11) is -3.57. The van der Waals surface area contributed by atoms with E-state index in [-0.39, 0.29) is 10.9 Å². The molecule has 0 spiro atoms. The molecule has 7 heteroatoms. The maximum Gasteiger partial charge on any atom is 0.241 e. The summed E-state index contributed by atoms with van der Waals surface area (Å²) >= 11 is 0. The van der Waals surface area contributed by atoms with Crippen molar-refractivity contribution in [1.82, 2.24) is 14.7 Å². The Hall–Kier alpha value is -1.70. The zero-order valence-electron chi connectivity index (χ0n) is 11.2. The molecule has 0 saturated carbocycles. The van der Waals surface area contributed by atoms with Crippen molar-refractivity contribution >= 4 is 10.0 Å². The minimum absolute atomic E-state index is 0.222. The van der Waals surface area contributed by atoms with E-state index >= 15 is 0 Å². The summed E-state index contributed by atoms with van der Waals surface area (Å²) in [6.07, 6.45) is 3.87. The van der Waals surface area contributed by atoms with Crippen LogP contribution in [0.25, 0.3) is 0 Å². The summed E-state index contributed by atoms with van der Waals surface area (Å²) in [5.74, 6) is 0.606. The quantitative estimate of drug-likeness (QED) is 0.747. The second kappa shape index (κ2) is 6.17. The Bertz CT molecular complexity index is 636. The molecule has 1 aromatic carbocycles. The molecule has 4 N–H and O–H groups in total. The number of rotatable bonds is 6. The molecule has 20 heavy (non-hydrogen) atoms. The van der Waals surface area contributed by atoms with Crippen molar-refractivity contribution in [3.8, 4) is 0 Å². The van der Waals surface area contributed by atoms with E-state index in [2.05, 4.69) is 14.7 Å². The molecule has 1 atom stereocenters. The molecule has 0 aliphatic heterocycles. The number of nitrogens with two attached hydrogens (primary N) is 1. The SMILES string of the molecule is CCC(NS(=O)(=O)c1ccc(CN)cc1)c1ncc[nH]1. The van der Waals surface area contributed by atoms with Crippen LogP contribution in [0.5, 0.6) is 0 Å². The van der Waals surface area contributed by atoms with E-state index in [1.807, 2.05) is 6.92 Å². The summed E-state index contributed by atoms with van der Waals surface area (Å²) in [4.78, 5) is 7.24. The molecule has 0 aliphatic carbocycles. The predicted molar refractivity (Wildman–Crippen MR) is 76.3 cm³/mol. The zero-order valence-corrected chi connectivity index (χ0v) is 12.0. The van der Waals surface area contributed by atoms with Crippen LogP contribution in [0.2, 0.25) is 0 Å².